The second-order valence-electron chi connectivity index (χ2n) is 12.4. The lowest BCUT2D eigenvalue weighted by atomic mass is 9.66. The van der Waals surface area contributed by atoms with Crippen LogP contribution in [0.5, 0.6) is 0 Å². The first-order valence-corrected chi connectivity index (χ1v) is 17.2. The maximum atomic E-state index is 4.28. The molecule has 4 aromatic carbocycles. The third kappa shape index (κ3) is 3.50. The maximum Gasteiger partial charge on any atom is 0.0688 e. The molecule has 1 aromatic heterocycles. The van der Waals surface area contributed by atoms with Gasteiger partial charge in [0.1, 0.15) is 0 Å². The molecule has 4 aliphatic rings. The molecular weight excluding hydrogens is 616 g/mol. The quantitative estimate of drug-likeness (QED) is 0.171. The summed E-state index contributed by atoms with van der Waals surface area (Å²) < 4.78 is 2.52. The van der Waals surface area contributed by atoms with Gasteiger partial charge in [0.25, 0.3) is 0 Å². The number of rotatable bonds is 3. The van der Waals surface area contributed by atoms with Crippen LogP contribution in [0.25, 0.3) is 38.4 Å². The van der Waals surface area contributed by atoms with Crippen LogP contribution in [0.4, 0.5) is 0 Å². The van der Waals surface area contributed by atoms with E-state index >= 15 is 0 Å². The summed E-state index contributed by atoms with van der Waals surface area (Å²) >= 11 is 5.66. The molecule has 44 heavy (non-hydrogen) atoms. The van der Waals surface area contributed by atoms with Crippen LogP contribution in [0.15, 0.2) is 131 Å². The van der Waals surface area contributed by atoms with Crippen molar-refractivity contribution in [1.29, 1.82) is 0 Å². The van der Waals surface area contributed by atoms with E-state index in [0.717, 1.165) is 23.7 Å². The van der Waals surface area contributed by atoms with Crippen molar-refractivity contribution in [2.24, 2.45) is 5.92 Å². The molecule has 0 fully saturated rings. The van der Waals surface area contributed by atoms with Gasteiger partial charge in [-0.05, 0) is 123 Å². The van der Waals surface area contributed by atoms with Gasteiger partial charge in [-0.3, -0.25) is 0 Å². The standard InChI is InChI=1S/C42H31BrS/c1-3-9-26-20-33-31-11-6-8-13-37(31)42(39(33)23-25(26)4-2)36-12-7-5-10-30(36)32-21-27(14-17-38(32)42)28-15-18-40-34(22-28)35-24-29(43)16-19-41(35)44-40/h3-14,16-17,19-22,24-25H,2,15,18,23H2,1H3/b9-3-. The second-order valence-corrected chi connectivity index (χ2v) is 14.5. The van der Waals surface area contributed by atoms with E-state index in [-0.39, 0.29) is 5.41 Å². The lowest BCUT2D eigenvalue weighted by molar-refractivity contribution is 0.653. The van der Waals surface area contributed by atoms with E-state index in [2.05, 4.69) is 145 Å². The number of halogens is 1. The van der Waals surface area contributed by atoms with Crippen molar-refractivity contribution < 1.29 is 0 Å². The van der Waals surface area contributed by atoms with Gasteiger partial charge in [0.2, 0.25) is 0 Å². The Hall–Kier alpha value is -3.98. The zero-order valence-electron chi connectivity index (χ0n) is 24.7. The highest BCUT2D eigenvalue weighted by molar-refractivity contribution is 9.10. The summed E-state index contributed by atoms with van der Waals surface area (Å²) in [5, 5.41) is 1.36. The van der Waals surface area contributed by atoms with Crippen LogP contribution in [0.2, 0.25) is 0 Å². The number of thiophene rings is 1. The van der Waals surface area contributed by atoms with Crippen molar-refractivity contribution in [3.63, 3.8) is 0 Å². The largest absolute Gasteiger partial charge is 0.140 e. The number of allylic oxidation sites excluding steroid dienone is 8. The zero-order chi connectivity index (χ0) is 29.6. The minimum atomic E-state index is -0.278. The molecule has 0 aliphatic heterocycles. The minimum absolute atomic E-state index is 0.278. The Balaban J connectivity index is 1.27. The van der Waals surface area contributed by atoms with Crippen LogP contribution < -0.4 is 0 Å². The van der Waals surface area contributed by atoms with Gasteiger partial charge in [0.05, 0.1) is 5.41 Å². The smallest absolute Gasteiger partial charge is 0.0688 e. The van der Waals surface area contributed by atoms with E-state index in [1.165, 1.54) is 81.8 Å². The first-order chi connectivity index (χ1) is 21.6. The molecule has 0 saturated heterocycles. The fourth-order valence-electron chi connectivity index (χ4n) is 8.50. The van der Waals surface area contributed by atoms with Gasteiger partial charge in [-0.15, -0.1) is 17.9 Å². The number of fused-ring (bicyclic) bond motifs is 12. The molecule has 0 saturated carbocycles. The fourth-order valence-corrected chi connectivity index (χ4v) is 10.0. The highest BCUT2D eigenvalue weighted by atomic mass is 79.9. The molecule has 2 atom stereocenters. The zero-order valence-corrected chi connectivity index (χ0v) is 27.1. The van der Waals surface area contributed by atoms with Gasteiger partial charge in [0, 0.05) is 25.4 Å². The van der Waals surface area contributed by atoms with E-state index in [9.17, 15) is 0 Å². The van der Waals surface area contributed by atoms with Gasteiger partial charge in [-0.2, -0.15) is 0 Å². The van der Waals surface area contributed by atoms with Crippen molar-refractivity contribution in [3.05, 3.63) is 170 Å². The van der Waals surface area contributed by atoms with Crippen molar-refractivity contribution in [2.45, 2.75) is 31.6 Å². The van der Waals surface area contributed by atoms with Crippen LogP contribution in [0.3, 0.4) is 0 Å². The number of hydrogen-bond acceptors (Lipinski definition) is 1. The predicted molar refractivity (Wildman–Crippen MR) is 192 cm³/mol. The second kappa shape index (κ2) is 9.76. The monoisotopic (exact) mass is 646 g/mol. The highest BCUT2D eigenvalue weighted by Crippen LogP contribution is 2.64. The van der Waals surface area contributed by atoms with Gasteiger partial charge >= 0.3 is 0 Å². The average Bonchev–Trinajstić information content (AvgIpc) is 3.67. The fraction of sp³-hybridized carbons (Fsp3) is 0.143. The lowest BCUT2D eigenvalue weighted by Crippen LogP contribution is -2.29. The van der Waals surface area contributed by atoms with Crippen LogP contribution in [0, 0.1) is 5.92 Å². The average molecular weight is 648 g/mol. The summed E-state index contributed by atoms with van der Waals surface area (Å²) in [6, 6.07) is 32.4. The van der Waals surface area contributed by atoms with Crippen molar-refractivity contribution >= 4 is 54.6 Å². The third-order valence-corrected chi connectivity index (χ3v) is 12.1. The number of benzene rings is 4. The Labute approximate surface area is 271 Å². The van der Waals surface area contributed by atoms with Crippen LogP contribution in [-0.2, 0) is 11.8 Å². The molecule has 9 rings (SSSR count). The molecule has 0 radical (unpaired) electrons. The summed E-state index contributed by atoms with van der Waals surface area (Å²) in [5.41, 5.74) is 16.6. The molecule has 1 heterocycles. The molecule has 2 heteroatoms. The maximum absolute atomic E-state index is 4.28. The summed E-state index contributed by atoms with van der Waals surface area (Å²) in [5.74, 6) is 0.300. The Bertz CT molecular complexity index is 2200. The molecule has 2 unspecified atom stereocenters. The first-order valence-electron chi connectivity index (χ1n) is 15.6. The summed E-state index contributed by atoms with van der Waals surface area (Å²) in [7, 11) is 0. The molecule has 0 amide bonds. The minimum Gasteiger partial charge on any atom is -0.140 e. The number of hydrogen-bond donors (Lipinski definition) is 0. The summed E-state index contributed by atoms with van der Waals surface area (Å²) in [6.45, 7) is 6.39. The topological polar surface area (TPSA) is 0 Å². The Morgan fingerprint density at radius 2 is 1.61 bits per heavy atom. The highest BCUT2D eigenvalue weighted by Gasteiger charge is 2.53. The van der Waals surface area contributed by atoms with E-state index in [1.807, 2.05) is 11.3 Å². The summed E-state index contributed by atoms with van der Waals surface area (Å²) in [6.07, 6.45) is 14.6. The van der Waals surface area contributed by atoms with Gasteiger partial charge in [0.15, 0.2) is 0 Å². The van der Waals surface area contributed by atoms with Crippen LogP contribution in [-0.4, -0.2) is 0 Å². The van der Waals surface area contributed by atoms with Crippen molar-refractivity contribution in [1.82, 2.24) is 0 Å². The van der Waals surface area contributed by atoms with Crippen molar-refractivity contribution in [3.8, 4) is 11.1 Å². The van der Waals surface area contributed by atoms with E-state index < -0.39 is 0 Å². The van der Waals surface area contributed by atoms with E-state index in [0.29, 0.717) is 5.92 Å². The molecule has 0 bridgehead atoms. The SMILES string of the molecule is C=CC1CC2=C(C=C1/C=C\C)c1ccccc1C21c2ccccc2-c2cc(C3=Cc4c(sc5ccc(Br)cc45)CC3)ccc21. The van der Waals surface area contributed by atoms with E-state index in [4.69, 9.17) is 0 Å². The molecule has 0 nitrogen and oxygen atoms in total. The molecule has 4 aliphatic carbocycles. The molecule has 1 spiro atoms. The Kier molecular flexibility index (Phi) is 5.86. The first kappa shape index (κ1) is 26.4. The molecule has 5 aromatic rings. The molecule has 0 N–H and O–H groups in total. The Morgan fingerprint density at radius 3 is 2.43 bits per heavy atom. The Morgan fingerprint density at radius 1 is 0.841 bits per heavy atom. The lowest BCUT2D eigenvalue weighted by Gasteiger charge is -2.35. The molecular formula is C42H31BrS. The number of aryl methyl sites for hydroxylation is 1. The van der Waals surface area contributed by atoms with Gasteiger partial charge in [-0.25, -0.2) is 0 Å². The normalized spacial score (nSPS) is 21.2. The third-order valence-electron chi connectivity index (χ3n) is 10.3. The summed E-state index contributed by atoms with van der Waals surface area (Å²) in [4.78, 5) is 1.51. The van der Waals surface area contributed by atoms with Gasteiger partial charge in [-0.1, -0.05) is 101 Å². The van der Waals surface area contributed by atoms with Crippen LogP contribution in [0.1, 0.15) is 58.0 Å². The van der Waals surface area contributed by atoms with Crippen molar-refractivity contribution in [2.75, 3.05) is 0 Å². The predicted octanol–water partition coefficient (Wildman–Crippen LogP) is 11.9. The molecule has 212 valence electrons. The van der Waals surface area contributed by atoms with Crippen LogP contribution >= 0.6 is 27.3 Å². The van der Waals surface area contributed by atoms with Gasteiger partial charge < -0.3 is 0 Å². The van der Waals surface area contributed by atoms with E-state index in [1.54, 1.807) is 0 Å².